The van der Waals surface area contributed by atoms with Crippen molar-refractivity contribution < 1.29 is 28.6 Å². The standard InChI is InChI=1S/C63H114O6/c1-4-7-10-13-16-19-22-25-28-30-31-33-35-38-41-44-47-50-53-56-62(65)68-59-60(58-67-61(64)55-52-49-46-43-40-37-34-27-24-21-18-15-12-9-6-3)69-63(66)57-54-51-48-45-42-39-36-32-29-26-23-20-17-14-11-8-5-2/h17,20,26,29,36,39,45,48,60H,4-16,18-19,21-25,27-28,30-35,37-38,40-44,46-47,49-59H2,1-3H3/b20-17-,29-26-,39-36-,48-45-. The maximum atomic E-state index is 12.8. The number of carbonyl (C=O) groups is 3. The Morgan fingerprint density at radius 1 is 0.290 bits per heavy atom. The van der Waals surface area contributed by atoms with Crippen LogP contribution in [-0.4, -0.2) is 37.2 Å². The maximum absolute atomic E-state index is 12.8. The maximum Gasteiger partial charge on any atom is 0.306 e. The fourth-order valence-corrected chi connectivity index (χ4v) is 8.79. The van der Waals surface area contributed by atoms with Crippen LogP contribution in [0.2, 0.25) is 0 Å². The minimum absolute atomic E-state index is 0.0902. The van der Waals surface area contributed by atoms with E-state index < -0.39 is 6.10 Å². The summed E-state index contributed by atoms with van der Waals surface area (Å²) in [4.78, 5) is 38.2. The Morgan fingerprint density at radius 2 is 0.536 bits per heavy atom. The highest BCUT2D eigenvalue weighted by Gasteiger charge is 2.19. The SMILES string of the molecule is CCCCC/C=C\C/C=C\C/C=C\C/C=C\CCCC(=O)OC(COC(=O)CCCCCCCCCCCCCCCCC)COC(=O)CCCCCCCCCCCCCCCCCCCCC. The zero-order valence-corrected chi connectivity index (χ0v) is 46.1. The molecular formula is C63H114O6. The molecule has 0 aliphatic carbocycles. The summed E-state index contributed by atoms with van der Waals surface area (Å²) in [6.07, 6.45) is 71.1. The first kappa shape index (κ1) is 66.4. The highest BCUT2D eigenvalue weighted by molar-refractivity contribution is 5.71. The Balaban J connectivity index is 4.40. The number of carbonyl (C=O) groups excluding carboxylic acids is 3. The van der Waals surface area contributed by atoms with Crippen LogP contribution in [-0.2, 0) is 28.6 Å². The Kier molecular flexibility index (Phi) is 55.7. The summed E-state index contributed by atoms with van der Waals surface area (Å²) in [5.41, 5.74) is 0. The van der Waals surface area contributed by atoms with Crippen molar-refractivity contribution in [1.29, 1.82) is 0 Å². The molecule has 0 fully saturated rings. The van der Waals surface area contributed by atoms with Crippen molar-refractivity contribution in [2.75, 3.05) is 13.2 Å². The molecule has 0 aromatic carbocycles. The second-order valence-corrected chi connectivity index (χ2v) is 20.3. The smallest absolute Gasteiger partial charge is 0.306 e. The van der Waals surface area contributed by atoms with Crippen LogP contribution in [0.4, 0.5) is 0 Å². The van der Waals surface area contributed by atoms with E-state index in [1.807, 2.05) is 0 Å². The normalized spacial score (nSPS) is 12.3. The highest BCUT2D eigenvalue weighted by Crippen LogP contribution is 2.17. The van der Waals surface area contributed by atoms with Crippen LogP contribution in [0.5, 0.6) is 0 Å². The minimum Gasteiger partial charge on any atom is -0.462 e. The Morgan fingerprint density at radius 3 is 0.855 bits per heavy atom. The molecular weight excluding hydrogens is 853 g/mol. The predicted octanol–water partition coefficient (Wildman–Crippen LogP) is 20.2. The Labute approximate surface area is 428 Å². The zero-order chi connectivity index (χ0) is 50.0. The van der Waals surface area contributed by atoms with E-state index in [9.17, 15) is 14.4 Å². The van der Waals surface area contributed by atoms with Gasteiger partial charge in [-0.05, 0) is 57.8 Å². The molecule has 0 aromatic heterocycles. The van der Waals surface area contributed by atoms with Crippen LogP contribution in [0.15, 0.2) is 48.6 Å². The first-order valence-electron chi connectivity index (χ1n) is 30.1. The topological polar surface area (TPSA) is 78.9 Å². The third kappa shape index (κ3) is 56.2. The van der Waals surface area contributed by atoms with E-state index in [1.54, 1.807) is 0 Å². The van der Waals surface area contributed by atoms with Gasteiger partial charge in [-0.3, -0.25) is 14.4 Å². The summed E-state index contributed by atoms with van der Waals surface area (Å²) in [6, 6.07) is 0. The first-order valence-corrected chi connectivity index (χ1v) is 30.1. The number of rotatable bonds is 55. The van der Waals surface area contributed by atoms with E-state index in [0.717, 1.165) is 64.2 Å². The van der Waals surface area contributed by atoms with Gasteiger partial charge < -0.3 is 14.2 Å². The molecule has 0 N–H and O–H groups in total. The van der Waals surface area contributed by atoms with Crippen molar-refractivity contribution in [2.24, 2.45) is 0 Å². The highest BCUT2D eigenvalue weighted by atomic mass is 16.6. The summed E-state index contributed by atoms with van der Waals surface area (Å²) in [5, 5.41) is 0. The van der Waals surface area contributed by atoms with Crippen molar-refractivity contribution in [3.63, 3.8) is 0 Å². The van der Waals surface area contributed by atoms with Gasteiger partial charge >= 0.3 is 17.9 Å². The molecule has 402 valence electrons. The van der Waals surface area contributed by atoms with E-state index in [0.29, 0.717) is 19.3 Å². The molecule has 0 bridgehead atoms. The van der Waals surface area contributed by atoms with E-state index in [-0.39, 0.29) is 37.5 Å². The summed E-state index contributed by atoms with van der Waals surface area (Å²) in [5.74, 6) is -0.927. The van der Waals surface area contributed by atoms with E-state index in [1.165, 1.54) is 205 Å². The lowest BCUT2D eigenvalue weighted by molar-refractivity contribution is -0.167. The molecule has 0 aromatic rings. The predicted molar refractivity (Wildman–Crippen MR) is 298 cm³/mol. The van der Waals surface area contributed by atoms with Gasteiger partial charge in [0.1, 0.15) is 13.2 Å². The van der Waals surface area contributed by atoms with Crippen LogP contribution < -0.4 is 0 Å². The molecule has 0 heterocycles. The van der Waals surface area contributed by atoms with Gasteiger partial charge in [0.25, 0.3) is 0 Å². The quantitative estimate of drug-likeness (QED) is 0.0262. The Hall–Kier alpha value is -2.63. The zero-order valence-electron chi connectivity index (χ0n) is 46.1. The first-order chi connectivity index (χ1) is 34.0. The van der Waals surface area contributed by atoms with Crippen LogP contribution >= 0.6 is 0 Å². The van der Waals surface area contributed by atoms with Crippen LogP contribution in [0.3, 0.4) is 0 Å². The van der Waals surface area contributed by atoms with Gasteiger partial charge in [-0.15, -0.1) is 0 Å². The van der Waals surface area contributed by atoms with Gasteiger partial charge in [0.05, 0.1) is 0 Å². The summed E-state index contributed by atoms with van der Waals surface area (Å²) in [7, 11) is 0. The molecule has 0 aliphatic heterocycles. The number of ether oxygens (including phenoxy) is 3. The molecule has 0 spiro atoms. The number of unbranched alkanes of at least 4 members (excludes halogenated alkanes) is 36. The van der Waals surface area contributed by atoms with Crippen molar-refractivity contribution in [2.45, 2.75) is 322 Å². The van der Waals surface area contributed by atoms with Gasteiger partial charge in [-0.2, -0.15) is 0 Å². The molecule has 1 atom stereocenters. The van der Waals surface area contributed by atoms with Crippen LogP contribution in [0.1, 0.15) is 316 Å². The lowest BCUT2D eigenvalue weighted by atomic mass is 10.0. The van der Waals surface area contributed by atoms with Crippen molar-refractivity contribution in [3.05, 3.63) is 48.6 Å². The summed E-state index contributed by atoms with van der Waals surface area (Å²) < 4.78 is 16.9. The van der Waals surface area contributed by atoms with Gasteiger partial charge in [0.2, 0.25) is 0 Å². The molecule has 1 unspecified atom stereocenters. The van der Waals surface area contributed by atoms with Crippen molar-refractivity contribution >= 4 is 17.9 Å². The fraction of sp³-hybridized carbons (Fsp3) is 0.825. The monoisotopic (exact) mass is 967 g/mol. The Bertz CT molecular complexity index is 1200. The van der Waals surface area contributed by atoms with Crippen molar-refractivity contribution in [3.8, 4) is 0 Å². The average molecular weight is 968 g/mol. The second kappa shape index (κ2) is 57.9. The lowest BCUT2D eigenvalue weighted by Gasteiger charge is -2.18. The number of allylic oxidation sites excluding steroid dienone is 8. The third-order valence-electron chi connectivity index (χ3n) is 13.3. The van der Waals surface area contributed by atoms with Crippen LogP contribution in [0, 0.1) is 0 Å². The van der Waals surface area contributed by atoms with Gasteiger partial charge in [-0.25, -0.2) is 0 Å². The number of hydrogen-bond acceptors (Lipinski definition) is 6. The number of esters is 3. The molecule has 0 amide bonds. The average Bonchev–Trinajstić information content (AvgIpc) is 3.35. The molecule has 69 heavy (non-hydrogen) atoms. The second-order valence-electron chi connectivity index (χ2n) is 20.3. The van der Waals surface area contributed by atoms with Gasteiger partial charge in [0.15, 0.2) is 6.10 Å². The largest absolute Gasteiger partial charge is 0.462 e. The summed E-state index contributed by atoms with van der Waals surface area (Å²) >= 11 is 0. The van der Waals surface area contributed by atoms with Gasteiger partial charge in [-0.1, -0.05) is 288 Å². The minimum atomic E-state index is -0.798. The number of hydrogen-bond donors (Lipinski definition) is 0. The molecule has 6 nitrogen and oxygen atoms in total. The van der Waals surface area contributed by atoms with Gasteiger partial charge in [0, 0.05) is 19.3 Å². The van der Waals surface area contributed by atoms with E-state index in [2.05, 4.69) is 69.4 Å². The molecule has 0 aliphatic rings. The molecule has 0 rings (SSSR count). The molecule has 6 heteroatoms. The van der Waals surface area contributed by atoms with Crippen LogP contribution in [0.25, 0.3) is 0 Å². The third-order valence-corrected chi connectivity index (χ3v) is 13.3. The molecule has 0 radical (unpaired) electrons. The molecule has 0 saturated heterocycles. The fourth-order valence-electron chi connectivity index (χ4n) is 8.79. The lowest BCUT2D eigenvalue weighted by Crippen LogP contribution is -2.30. The van der Waals surface area contributed by atoms with Crippen molar-refractivity contribution in [1.82, 2.24) is 0 Å². The van der Waals surface area contributed by atoms with E-state index in [4.69, 9.17) is 14.2 Å². The molecule has 0 saturated carbocycles. The van der Waals surface area contributed by atoms with E-state index >= 15 is 0 Å². The summed E-state index contributed by atoms with van der Waals surface area (Å²) in [6.45, 7) is 6.62.